The van der Waals surface area contributed by atoms with Crippen LogP contribution in [0, 0.1) is 0 Å². The third-order valence-electron chi connectivity index (χ3n) is 3.79. The predicted molar refractivity (Wildman–Crippen MR) is 94.5 cm³/mol. The Balaban J connectivity index is 2.24. The average Bonchev–Trinajstić information content (AvgIpc) is 2.53. The van der Waals surface area contributed by atoms with Gasteiger partial charge in [-0.05, 0) is 36.5 Å². The largest absolute Gasteiger partial charge is 0.480 e. The van der Waals surface area contributed by atoms with Gasteiger partial charge in [-0.15, -0.1) is 0 Å². The SMILES string of the molecule is CC(=O)SC(C)(CCc1ccccc1-c1ccccc1)C(=O)O. The van der Waals surface area contributed by atoms with Crippen LogP contribution < -0.4 is 0 Å². The maximum atomic E-state index is 11.6. The molecule has 1 N–H and O–H groups in total. The highest BCUT2D eigenvalue weighted by molar-refractivity contribution is 8.15. The summed E-state index contributed by atoms with van der Waals surface area (Å²) in [6.07, 6.45) is 1.00. The van der Waals surface area contributed by atoms with Gasteiger partial charge in [0, 0.05) is 6.92 Å². The van der Waals surface area contributed by atoms with Crippen molar-refractivity contribution in [3.63, 3.8) is 0 Å². The molecule has 0 spiro atoms. The van der Waals surface area contributed by atoms with Crippen LogP contribution in [0.4, 0.5) is 0 Å². The third-order valence-corrected chi connectivity index (χ3v) is 4.91. The van der Waals surface area contributed by atoms with Gasteiger partial charge in [-0.1, -0.05) is 66.4 Å². The van der Waals surface area contributed by atoms with Gasteiger partial charge in [-0.3, -0.25) is 9.59 Å². The highest BCUT2D eigenvalue weighted by Crippen LogP contribution is 2.33. The predicted octanol–water partition coefficient (Wildman–Crippen LogP) is 4.41. The van der Waals surface area contributed by atoms with Gasteiger partial charge in [0.2, 0.25) is 0 Å². The van der Waals surface area contributed by atoms with Crippen LogP contribution in [0.2, 0.25) is 0 Å². The number of rotatable bonds is 6. The third kappa shape index (κ3) is 4.45. The summed E-state index contributed by atoms with van der Waals surface area (Å²) in [4.78, 5) is 22.9. The number of hydrogen-bond acceptors (Lipinski definition) is 3. The Morgan fingerprint density at radius 1 is 1.04 bits per heavy atom. The van der Waals surface area contributed by atoms with E-state index in [9.17, 15) is 14.7 Å². The zero-order valence-electron chi connectivity index (χ0n) is 13.3. The molecule has 0 bridgehead atoms. The summed E-state index contributed by atoms with van der Waals surface area (Å²) in [5, 5.41) is 9.30. The Morgan fingerprint density at radius 2 is 1.65 bits per heavy atom. The lowest BCUT2D eigenvalue weighted by Crippen LogP contribution is -2.33. The molecule has 3 nitrogen and oxygen atoms in total. The fraction of sp³-hybridized carbons (Fsp3) is 0.263. The first-order valence-electron chi connectivity index (χ1n) is 7.49. The molecule has 120 valence electrons. The number of thioether (sulfide) groups is 1. The highest BCUT2D eigenvalue weighted by atomic mass is 32.2. The summed E-state index contributed by atoms with van der Waals surface area (Å²) in [5.41, 5.74) is 3.31. The molecule has 2 rings (SSSR count). The van der Waals surface area contributed by atoms with Crippen molar-refractivity contribution < 1.29 is 14.7 Å². The lowest BCUT2D eigenvalue weighted by atomic mass is 9.93. The first-order chi connectivity index (χ1) is 10.9. The van der Waals surface area contributed by atoms with Crippen molar-refractivity contribution >= 4 is 22.8 Å². The molecule has 1 atom stereocenters. The van der Waals surface area contributed by atoms with Crippen molar-refractivity contribution in [3.8, 4) is 11.1 Å². The first-order valence-corrected chi connectivity index (χ1v) is 8.30. The van der Waals surface area contributed by atoms with Gasteiger partial charge in [0.25, 0.3) is 0 Å². The van der Waals surface area contributed by atoms with E-state index in [1.54, 1.807) is 6.92 Å². The van der Waals surface area contributed by atoms with Gasteiger partial charge in [0.05, 0.1) is 0 Å². The van der Waals surface area contributed by atoms with Crippen molar-refractivity contribution in [1.82, 2.24) is 0 Å². The van der Waals surface area contributed by atoms with Crippen LogP contribution in [0.1, 0.15) is 25.8 Å². The molecule has 0 saturated heterocycles. The van der Waals surface area contributed by atoms with E-state index in [1.165, 1.54) is 6.92 Å². The standard InChI is InChI=1S/C19H20O3S/c1-14(20)23-19(2,18(21)22)13-12-16-10-6-7-11-17(16)15-8-4-3-5-9-15/h3-11H,12-13H2,1-2H3,(H,21,22). The number of carbonyl (C=O) groups excluding carboxylic acids is 1. The summed E-state index contributed by atoms with van der Waals surface area (Å²) >= 11 is 0.892. The molecule has 0 aliphatic heterocycles. The van der Waals surface area contributed by atoms with E-state index in [2.05, 4.69) is 0 Å². The van der Waals surface area contributed by atoms with Crippen molar-refractivity contribution in [2.75, 3.05) is 0 Å². The lowest BCUT2D eigenvalue weighted by Gasteiger charge is -2.23. The summed E-state index contributed by atoms with van der Waals surface area (Å²) in [6.45, 7) is 3.02. The minimum atomic E-state index is -1.10. The molecule has 0 saturated carbocycles. The maximum absolute atomic E-state index is 11.6. The average molecular weight is 328 g/mol. The van der Waals surface area contributed by atoms with E-state index in [4.69, 9.17) is 0 Å². The zero-order valence-corrected chi connectivity index (χ0v) is 14.1. The van der Waals surface area contributed by atoms with Crippen LogP contribution in [0.25, 0.3) is 11.1 Å². The number of aliphatic carboxylic acids is 1. The minimum absolute atomic E-state index is 0.175. The van der Waals surface area contributed by atoms with Gasteiger partial charge < -0.3 is 5.11 Å². The van der Waals surface area contributed by atoms with E-state index in [0.717, 1.165) is 28.5 Å². The van der Waals surface area contributed by atoms with Crippen LogP contribution >= 0.6 is 11.8 Å². The maximum Gasteiger partial charge on any atom is 0.319 e. The highest BCUT2D eigenvalue weighted by Gasteiger charge is 2.35. The number of hydrogen-bond donors (Lipinski definition) is 1. The first kappa shape index (κ1) is 17.3. The molecule has 0 aliphatic carbocycles. The Labute approximate surface area is 140 Å². The van der Waals surface area contributed by atoms with E-state index >= 15 is 0 Å². The summed E-state index contributed by atoms with van der Waals surface area (Å²) in [5.74, 6) is -0.949. The minimum Gasteiger partial charge on any atom is -0.480 e. The van der Waals surface area contributed by atoms with Crippen LogP contribution in [0.15, 0.2) is 54.6 Å². The van der Waals surface area contributed by atoms with Gasteiger partial charge in [0.15, 0.2) is 5.12 Å². The monoisotopic (exact) mass is 328 g/mol. The molecule has 2 aromatic rings. The van der Waals surface area contributed by atoms with E-state index < -0.39 is 10.7 Å². The molecule has 1 unspecified atom stereocenters. The van der Waals surface area contributed by atoms with Gasteiger partial charge in [-0.25, -0.2) is 0 Å². The number of carboxylic acids is 1. The molecule has 0 amide bonds. The molecule has 0 radical (unpaired) electrons. The Morgan fingerprint density at radius 3 is 2.26 bits per heavy atom. The van der Waals surface area contributed by atoms with E-state index in [1.807, 2.05) is 54.6 Å². The normalized spacial score (nSPS) is 13.3. The molecule has 4 heteroatoms. The number of carbonyl (C=O) groups is 2. The van der Waals surface area contributed by atoms with Crippen molar-refractivity contribution in [2.24, 2.45) is 0 Å². The van der Waals surface area contributed by atoms with Crippen molar-refractivity contribution in [1.29, 1.82) is 0 Å². The second-order valence-electron chi connectivity index (χ2n) is 5.65. The summed E-state index contributed by atoms with van der Waals surface area (Å²) in [6, 6.07) is 18.0. The smallest absolute Gasteiger partial charge is 0.319 e. The molecule has 2 aromatic carbocycles. The fourth-order valence-electron chi connectivity index (χ4n) is 2.53. The molecular weight excluding hydrogens is 308 g/mol. The lowest BCUT2D eigenvalue weighted by molar-refractivity contribution is -0.139. The Kier molecular flexibility index (Phi) is 5.61. The second-order valence-corrected chi connectivity index (χ2v) is 7.33. The van der Waals surface area contributed by atoms with Crippen LogP contribution in [-0.2, 0) is 16.0 Å². The number of aryl methyl sites for hydroxylation is 1. The Bertz CT molecular complexity index is 697. The molecule has 0 heterocycles. The second kappa shape index (κ2) is 7.47. The topological polar surface area (TPSA) is 54.4 Å². The van der Waals surface area contributed by atoms with Crippen LogP contribution in [-0.4, -0.2) is 20.9 Å². The molecule has 23 heavy (non-hydrogen) atoms. The summed E-state index contributed by atoms with van der Waals surface area (Å²) in [7, 11) is 0. The fourth-order valence-corrected chi connectivity index (χ4v) is 3.46. The summed E-state index contributed by atoms with van der Waals surface area (Å²) < 4.78 is -1.10. The van der Waals surface area contributed by atoms with Crippen molar-refractivity contribution in [3.05, 3.63) is 60.2 Å². The quantitative estimate of drug-likeness (QED) is 0.853. The van der Waals surface area contributed by atoms with Crippen molar-refractivity contribution in [2.45, 2.75) is 31.4 Å². The van der Waals surface area contributed by atoms with Gasteiger partial charge in [-0.2, -0.15) is 0 Å². The van der Waals surface area contributed by atoms with Crippen LogP contribution in [0.3, 0.4) is 0 Å². The van der Waals surface area contributed by atoms with E-state index in [0.29, 0.717) is 12.8 Å². The zero-order chi connectivity index (χ0) is 16.9. The van der Waals surface area contributed by atoms with Gasteiger partial charge >= 0.3 is 5.97 Å². The molecular formula is C19H20O3S. The number of carboxylic acid groups (broad SMARTS) is 1. The van der Waals surface area contributed by atoms with Crippen LogP contribution in [0.5, 0.6) is 0 Å². The molecule has 0 fully saturated rings. The van der Waals surface area contributed by atoms with Gasteiger partial charge in [0.1, 0.15) is 4.75 Å². The Hall–Kier alpha value is -2.07. The molecule has 0 aromatic heterocycles. The van der Waals surface area contributed by atoms with E-state index in [-0.39, 0.29) is 5.12 Å². The molecule has 0 aliphatic rings. The number of benzene rings is 2.